The number of hydrogen-bond acceptors (Lipinski definition) is 4. The van der Waals surface area contributed by atoms with Gasteiger partial charge in [0.05, 0.1) is 13.1 Å². The molecule has 2 N–H and O–H groups in total. The van der Waals surface area contributed by atoms with Crippen LogP contribution in [-0.2, 0) is 17.8 Å². The molecule has 1 aromatic carbocycles. The van der Waals surface area contributed by atoms with Crippen molar-refractivity contribution in [3.05, 3.63) is 59.9 Å². The van der Waals surface area contributed by atoms with E-state index in [2.05, 4.69) is 25.3 Å². The van der Waals surface area contributed by atoms with Gasteiger partial charge in [-0.2, -0.15) is 0 Å². The zero-order chi connectivity index (χ0) is 22.7. The second kappa shape index (κ2) is 13.8. The van der Waals surface area contributed by atoms with E-state index in [9.17, 15) is 18.0 Å². The second-order valence-electron chi connectivity index (χ2n) is 6.59. The summed E-state index contributed by atoms with van der Waals surface area (Å²) in [4.78, 5) is 22.4. The summed E-state index contributed by atoms with van der Waals surface area (Å²) in [5, 5.41) is 5.87. The third-order valence-electron chi connectivity index (χ3n) is 4.21. The molecule has 0 spiro atoms. The number of guanidine groups is 1. The van der Waals surface area contributed by atoms with E-state index in [-0.39, 0.29) is 54.3 Å². The van der Waals surface area contributed by atoms with E-state index in [1.54, 1.807) is 24.2 Å². The fourth-order valence-corrected chi connectivity index (χ4v) is 2.61. The standard InChI is InChI=1S/C21H26F3N5O2.HI/c1-3-25-20(27-14-16-8-4-5-10-18(16)31-21(22,23)24)28-15-19(30)29(2)13-11-17-9-6-7-12-26-17;/h4-10,12H,3,11,13-15H2,1-2H3,(H2,25,27,28);1H. The smallest absolute Gasteiger partial charge is 0.405 e. The summed E-state index contributed by atoms with van der Waals surface area (Å²) in [7, 11) is 1.70. The number of alkyl halides is 3. The summed E-state index contributed by atoms with van der Waals surface area (Å²) < 4.78 is 41.7. The molecule has 1 amide bonds. The maximum Gasteiger partial charge on any atom is 0.573 e. The van der Waals surface area contributed by atoms with Crippen LogP contribution in [0.1, 0.15) is 18.2 Å². The fraction of sp³-hybridized carbons (Fsp3) is 0.381. The van der Waals surface area contributed by atoms with Crippen LogP contribution < -0.4 is 15.4 Å². The molecule has 176 valence electrons. The molecular weight excluding hydrogens is 538 g/mol. The number of aliphatic imine (C=N–C) groups is 1. The number of rotatable bonds is 9. The Hall–Kier alpha value is -2.57. The highest BCUT2D eigenvalue weighted by Crippen LogP contribution is 2.26. The zero-order valence-electron chi connectivity index (χ0n) is 17.9. The number of likely N-dealkylation sites (N-methyl/N-ethyl adjacent to an activating group) is 1. The van der Waals surface area contributed by atoms with Crippen LogP contribution in [0, 0.1) is 0 Å². The number of benzene rings is 1. The van der Waals surface area contributed by atoms with Crippen molar-refractivity contribution in [1.82, 2.24) is 20.5 Å². The Bertz CT molecular complexity index is 866. The first kappa shape index (κ1) is 27.5. The van der Waals surface area contributed by atoms with E-state index >= 15 is 0 Å². The van der Waals surface area contributed by atoms with Crippen molar-refractivity contribution in [3.63, 3.8) is 0 Å². The van der Waals surface area contributed by atoms with Gasteiger partial charge in [0.15, 0.2) is 5.96 Å². The Morgan fingerprint density at radius 1 is 1.16 bits per heavy atom. The Kier molecular flexibility index (Phi) is 11.8. The van der Waals surface area contributed by atoms with E-state index in [0.717, 1.165) is 5.69 Å². The molecule has 0 saturated heterocycles. The maximum atomic E-state index is 12.6. The van der Waals surface area contributed by atoms with Gasteiger partial charge in [-0.15, -0.1) is 37.1 Å². The lowest BCUT2D eigenvalue weighted by molar-refractivity contribution is -0.274. The van der Waals surface area contributed by atoms with Crippen molar-refractivity contribution >= 4 is 35.8 Å². The highest BCUT2D eigenvalue weighted by Gasteiger charge is 2.31. The lowest BCUT2D eigenvalue weighted by Gasteiger charge is -2.18. The summed E-state index contributed by atoms with van der Waals surface area (Å²) in [6.07, 6.45) is -2.45. The molecule has 7 nitrogen and oxygen atoms in total. The molecule has 0 fully saturated rings. The lowest BCUT2D eigenvalue weighted by Crippen LogP contribution is -2.44. The summed E-state index contributed by atoms with van der Waals surface area (Å²) in [6.45, 7) is 2.82. The maximum absolute atomic E-state index is 12.6. The van der Waals surface area contributed by atoms with Crippen LogP contribution in [0.15, 0.2) is 53.7 Å². The van der Waals surface area contributed by atoms with Crippen molar-refractivity contribution in [3.8, 4) is 5.75 Å². The van der Waals surface area contributed by atoms with Crippen molar-refractivity contribution in [1.29, 1.82) is 0 Å². The van der Waals surface area contributed by atoms with E-state index in [1.165, 1.54) is 18.2 Å². The number of amides is 1. The third kappa shape index (κ3) is 10.2. The van der Waals surface area contributed by atoms with E-state index < -0.39 is 6.36 Å². The van der Waals surface area contributed by atoms with Crippen LogP contribution in [-0.4, -0.2) is 54.8 Å². The molecule has 1 heterocycles. The Morgan fingerprint density at radius 3 is 2.53 bits per heavy atom. The van der Waals surface area contributed by atoms with Crippen LogP contribution in [0.3, 0.4) is 0 Å². The minimum atomic E-state index is -4.78. The predicted molar refractivity (Wildman–Crippen MR) is 127 cm³/mol. The number of para-hydroxylation sites is 1. The molecule has 0 aliphatic carbocycles. The van der Waals surface area contributed by atoms with Gasteiger partial charge < -0.3 is 20.3 Å². The predicted octanol–water partition coefficient (Wildman–Crippen LogP) is 3.35. The first-order chi connectivity index (χ1) is 14.8. The molecule has 11 heteroatoms. The topological polar surface area (TPSA) is 78.9 Å². The second-order valence-corrected chi connectivity index (χ2v) is 6.59. The Balaban J connectivity index is 0.00000512. The number of carbonyl (C=O) groups is 1. The van der Waals surface area contributed by atoms with Gasteiger partial charge in [-0.25, -0.2) is 4.99 Å². The number of pyridine rings is 1. The SMILES string of the molecule is CCNC(=NCc1ccccc1OC(F)(F)F)NCC(=O)N(C)CCc1ccccn1.I. The van der Waals surface area contributed by atoms with Gasteiger partial charge in [0.1, 0.15) is 5.75 Å². The summed E-state index contributed by atoms with van der Waals surface area (Å²) in [5.41, 5.74) is 1.17. The van der Waals surface area contributed by atoms with E-state index in [0.29, 0.717) is 25.5 Å². The molecule has 1 aromatic heterocycles. The zero-order valence-corrected chi connectivity index (χ0v) is 20.2. The number of carbonyl (C=O) groups excluding carboxylic acids is 1. The fourth-order valence-electron chi connectivity index (χ4n) is 2.61. The molecule has 2 rings (SSSR count). The van der Waals surface area contributed by atoms with Gasteiger partial charge in [0, 0.05) is 44.0 Å². The van der Waals surface area contributed by atoms with Crippen LogP contribution >= 0.6 is 24.0 Å². The quantitative estimate of drug-likeness (QED) is 0.277. The van der Waals surface area contributed by atoms with Crippen LogP contribution in [0.4, 0.5) is 13.2 Å². The largest absolute Gasteiger partial charge is 0.573 e. The van der Waals surface area contributed by atoms with Gasteiger partial charge in [-0.05, 0) is 25.1 Å². The molecule has 0 unspecified atom stereocenters. The molecule has 32 heavy (non-hydrogen) atoms. The average Bonchev–Trinajstić information content (AvgIpc) is 2.74. The van der Waals surface area contributed by atoms with Crippen LogP contribution in [0.25, 0.3) is 0 Å². The normalized spacial score (nSPS) is 11.3. The average molecular weight is 565 g/mol. The molecule has 0 aliphatic heterocycles. The van der Waals surface area contributed by atoms with Gasteiger partial charge in [0.2, 0.25) is 5.91 Å². The number of nitrogens with zero attached hydrogens (tertiary/aromatic N) is 3. The van der Waals surface area contributed by atoms with Crippen molar-refractivity contribution in [2.24, 2.45) is 4.99 Å². The van der Waals surface area contributed by atoms with Crippen LogP contribution in [0.2, 0.25) is 0 Å². The number of hydrogen-bond donors (Lipinski definition) is 2. The summed E-state index contributed by atoms with van der Waals surface area (Å²) in [6, 6.07) is 11.4. The van der Waals surface area contributed by atoms with Gasteiger partial charge >= 0.3 is 6.36 Å². The molecule has 0 aliphatic rings. The van der Waals surface area contributed by atoms with Gasteiger partial charge in [-0.1, -0.05) is 24.3 Å². The molecule has 0 atom stereocenters. The minimum absolute atomic E-state index is 0. The van der Waals surface area contributed by atoms with Crippen molar-refractivity contribution < 1.29 is 22.7 Å². The third-order valence-corrected chi connectivity index (χ3v) is 4.21. The molecule has 0 saturated carbocycles. The molecular formula is C21H27F3IN5O2. The molecule has 0 radical (unpaired) electrons. The van der Waals surface area contributed by atoms with Crippen LogP contribution in [0.5, 0.6) is 5.75 Å². The number of nitrogens with one attached hydrogen (secondary N) is 2. The monoisotopic (exact) mass is 565 g/mol. The first-order valence-corrected chi connectivity index (χ1v) is 9.78. The highest BCUT2D eigenvalue weighted by atomic mass is 127. The Labute approximate surface area is 202 Å². The molecule has 2 aromatic rings. The number of halogens is 4. The first-order valence-electron chi connectivity index (χ1n) is 9.78. The van der Waals surface area contributed by atoms with Crippen molar-refractivity contribution in [2.75, 3.05) is 26.7 Å². The minimum Gasteiger partial charge on any atom is -0.405 e. The van der Waals surface area contributed by atoms with E-state index in [4.69, 9.17) is 0 Å². The van der Waals surface area contributed by atoms with E-state index in [1.807, 2.05) is 25.1 Å². The number of aromatic nitrogens is 1. The molecule has 0 bridgehead atoms. The van der Waals surface area contributed by atoms with Gasteiger partial charge in [-0.3, -0.25) is 9.78 Å². The number of ether oxygens (including phenoxy) is 1. The summed E-state index contributed by atoms with van der Waals surface area (Å²) >= 11 is 0. The van der Waals surface area contributed by atoms with Gasteiger partial charge in [0.25, 0.3) is 0 Å². The lowest BCUT2D eigenvalue weighted by atomic mass is 10.2. The summed E-state index contributed by atoms with van der Waals surface area (Å²) in [5.74, 6) is -0.141. The Morgan fingerprint density at radius 2 is 1.88 bits per heavy atom. The highest BCUT2D eigenvalue weighted by molar-refractivity contribution is 14.0. The van der Waals surface area contributed by atoms with Crippen molar-refractivity contribution in [2.45, 2.75) is 26.3 Å².